The number of Topliss-reactive ketones (excluding diaryl/α,β-unsaturated/α-hetero) is 1. The van der Waals surface area contributed by atoms with Gasteiger partial charge >= 0.3 is 5.91 Å². The van der Waals surface area contributed by atoms with Crippen molar-refractivity contribution in [3.63, 3.8) is 0 Å². The number of amides is 1. The second kappa shape index (κ2) is 5.46. The van der Waals surface area contributed by atoms with Crippen LogP contribution in [0.3, 0.4) is 0 Å². The average Bonchev–Trinajstić information content (AvgIpc) is 2.73. The number of anilines is 1. The van der Waals surface area contributed by atoms with E-state index in [9.17, 15) is 9.59 Å². The van der Waals surface area contributed by atoms with Gasteiger partial charge in [-0.1, -0.05) is 15.9 Å². The summed E-state index contributed by atoms with van der Waals surface area (Å²) in [6.07, 6.45) is 5.27. The lowest BCUT2D eigenvalue weighted by atomic mass is 9.84. The van der Waals surface area contributed by atoms with E-state index < -0.39 is 0 Å². The molecule has 116 valence electrons. The summed E-state index contributed by atoms with van der Waals surface area (Å²) in [6.45, 7) is 2.66. The van der Waals surface area contributed by atoms with E-state index >= 15 is 0 Å². The molecule has 3 aliphatic heterocycles. The maximum Gasteiger partial charge on any atom is 0.300 e. The molecule has 2 saturated heterocycles. The van der Waals surface area contributed by atoms with Crippen molar-refractivity contribution < 1.29 is 9.59 Å². The van der Waals surface area contributed by atoms with Crippen LogP contribution in [-0.2, 0) is 4.79 Å². The first-order chi connectivity index (χ1) is 10.6. The van der Waals surface area contributed by atoms with Gasteiger partial charge in [0, 0.05) is 17.6 Å². The van der Waals surface area contributed by atoms with Gasteiger partial charge in [-0.25, -0.2) is 0 Å². The first kappa shape index (κ1) is 14.4. The molecule has 2 bridgehead atoms. The van der Waals surface area contributed by atoms with Crippen LogP contribution in [0.15, 0.2) is 22.7 Å². The van der Waals surface area contributed by atoms with Crippen LogP contribution in [-0.4, -0.2) is 36.3 Å². The molecule has 5 rings (SSSR count). The third-order valence-corrected chi connectivity index (χ3v) is 5.77. The summed E-state index contributed by atoms with van der Waals surface area (Å²) in [4.78, 5) is 28.6. The monoisotopic (exact) mass is 362 g/mol. The van der Waals surface area contributed by atoms with Crippen molar-refractivity contribution in [1.82, 2.24) is 4.90 Å². The zero-order valence-electron chi connectivity index (χ0n) is 12.4. The minimum absolute atomic E-state index is 0.380. The van der Waals surface area contributed by atoms with Gasteiger partial charge in [-0.15, -0.1) is 0 Å². The summed E-state index contributed by atoms with van der Waals surface area (Å²) >= 11 is 3.37. The number of hydrogen-bond donors (Lipinski definition) is 0. The molecule has 1 amide bonds. The zero-order chi connectivity index (χ0) is 15.3. The molecule has 1 aromatic rings. The predicted molar refractivity (Wildman–Crippen MR) is 87.8 cm³/mol. The van der Waals surface area contributed by atoms with E-state index in [1.54, 1.807) is 11.0 Å². The number of fused-ring (bicyclic) bond motifs is 5. The average molecular weight is 363 g/mol. The maximum atomic E-state index is 12.3. The van der Waals surface area contributed by atoms with Crippen LogP contribution >= 0.6 is 15.9 Å². The second-order valence-electron chi connectivity index (χ2n) is 6.79. The van der Waals surface area contributed by atoms with E-state index in [1.807, 2.05) is 12.1 Å². The van der Waals surface area contributed by atoms with E-state index in [0.717, 1.165) is 35.1 Å². The van der Waals surface area contributed by atoms with Crippen molar-refractivity contribution in [2.24, 2.45) is 11.8 Å². The van der Waals surface area contributed by atoms with Gasteiger partial charge in [-0.3, -0.25) is 19.4 Å². The third kappa shape index (κ3) is 2.40. The van der Waals surface area contributed by atoms with Gasteiger partial charge in [0.05, 0.1) is 17.9 Å². The Labute approximate surface area is 138 Å². The summed E-state index contributed by atoms with van der Waals surface area (Å²) in [5.41, 5.74) is 1.28. The van der Waals surface area contributed by atoms with Crippen LogP contribution in [0.5, 0.6) is 0 Å². The Morgan fingerprint density at radius 2 is 1.68 bits per heavy atom. The summed E-state index contributed by atoms with van der Waals surface area (Å²) in [5, 5.41) is 0. The Balaban J connectivity index is 1.58. The van der Waals surface area contributed by atoms with E-state index in [4.69, 9.17) is 0 Å². The molecule has 0 N–H and O–H groups in total. The van der Waals surface area contributed by atoms with Crippen LogP contribution in [0, 0.1) is 11.8 Å². The molecule has 1 aliphatic carbocycles. The Morgan fingerprint density at radius 3 is 2.32 bits per heavy atom. The highest BCUT2D eigenvalue weighted by Crippen LogP contribution is 2.36. The van der Waals surface area contributed by atoms with Gasteiger partial charge in [0.25, 0.3) is 5.78 Å². The number of benzene rings is 1. The summed E-state index contributed by atoms with van der Waals surface area (Å²) in [5.74, 6) is 0.756. The molecular formula is C17H19BrN2O2. The van der Waals surface area contributed by atoms with E-state index in [-0.39, 0.29) is 11.7 Å². The van der Waals surface area contributed by atoms with Crippen molar-refractivity contribution in [1.29, 1.82) is 0 Å². The SMILES string of the molecule is O=C1C(=O)N(CN2CC3CCC(CC3)C2)c2ccc(Br)cc21. The highest BCUT2D eigenvalue weighted by molar-refractivity contribution is 9.10. The highest BCUT2D eigenvalue weighted by atomic mass is 79.9. The molecule has 1 saturated carbocycles. The molecule has 0 radical (unpaired) electrons. The Hall–Kier alpha value is -1.20. The first-order valence-electron chi connectivity index (χ1n) is 8.00. The van der Waals surface area contributed by atoms with Crippen LogP contribution in [0.4, 0.5) is 5.69 Å². The molecule has 1 aromatic carbocycles. The van der Waals surface area contributed by atoms with Crippen molar-refractivity contribution in [3.05, 3.63) is 28.2 Å². The number of ketones is 1. The van der Waals surface area contributed by atoms with Crippen LogP contribution in [0.1, 0.15) is 36.0 Å². The van der Waals surface area contributed by atoms with Gasteiger partial charge in [-0.05, 0) is 55.7 Å². The minimum Gasteiger partial charge on any atom is -0.291 e. The number of halogens is 1. The zero-order valence-corrected chi connectivity index (χ0v) is 14.0. The lowest BCUT2D eigenvalue weighted by Crippen LogP contribution is -2.42. The number of carbonyl (C=O) groups is 2. The lowest BCUT2D eigenvalue weighted by molar-refractivity contribution is -0.114. The molecule has 0 unspecified atom stereocenters. The molecule has 4 nitrogen and oxygen atoms in total. The quantitative estimate of drug-likeness (QED) is 0.759. The van der Waals surface area contributed by atoms with Gasteiger partial charge in [0.15, 0.2) is 0 Å². The Morgan fingerprint density at radius 1 is 1.05 bits per heavy atom. The molecule has 4 aliphatic rings. The number of nitrogens with zero attached hydrogens (tertiary/aromatic N) is 2. The van der Waals surface area contributed by atoms with E-state index in [1.165, 1.54) is 25.7 Å². The first-order valence-corrected chi connectivity index (χ1v) is 8.79. The summed E-state index contributed by atoms with van der Waals surface area (Å²) < 4.78 is 0.835. The Bertz CT molecular complexity index is 624. The van der Waals surface area contributed by atoms with Gasteiger partial charge in [-0.2, -0.15) is 0 Å². The van der Waals surface area contributed by atoms with E-state index in [0.29, 0.717) is 12.2 Å². The van der Waals surface area contributed by atoms with Crippen molar-refractivity contribution in [2.75, 3.05) is 24.7 Å². The molecular weight excluding hydrogens is 344 g/mol. The Kier molecular flexibility index (Phi) is 3.57. The standard InChI is InChI=1S/C17H19BrN2O2/c18-13-5-6-15-14(7-13)16(21)17(22)20(15)10-19-8-11-1-2-12(9-19)4-3-11/h5-7,11-12H,1-4,8-10H2. The molecule has 22 heavy (non-hydrogen) atoms. The number of carbonyl (C=O) groups excluding carboxylic acids is 2. The smallest absolute Gasteiger partial charge is 0.291 e. The van der Waals surface area contributed by atoms with Gasteiger partial charge in [0.2, 0.25) is 0 Å². The fraction of sp³-hybridized carbons (Fsp3) is 0.529. The molecule has 5 heteroatoms. The normalized spacial score (nSPS) is 28.1. The molecule has 3 fully saturated rings. The predicted octanol–water partition coefficient (Wildman–Crippen LogP) is 3.06. The fourth-order valence-corrected chi connectivity index (χ4v) is 4.49. The van der Waals surface area contributed by atoms with Gasteiger partial charge in [0.1, 0.15) is 0 Å². The number of rotatable bonds is 2. The molecule has 0 aromatic heterocycles. The van der Waals surface area contributed by atoms with Crippen LogP contribution in [0.2, 0.25) is 0 Å². The van der Waals surface area contributed by atoms with E-state index in [2.05, 4.69) is 20.8 Å². The van der Waals surface area contributed by atoms with Crippen LogP contribution in [0.25, 0.3) is 0 Å². The van der Waals surface area contributed by atoms with Crippen molar-refractivity contribution >= 4 is 33.3 Å². The highest BCUT2D eigenvalue weighted by Gasteiger charge is 2.38. The maximum absolute atomic E-state index is 12.3. The van der Waals surface area contributed by atoms with Crippen LogP contribution < -0.4 is 4.90 Å². The van der Waals surface area contributed by atoms with Gasteiger partial charge < -0.3 is 0 Å². The van der Waals surface area contributed by atoms with Crippen molar-refractivity contribution in [2.45, 2.75) is 25.7 Å². The third-order valence-electron chi connectivity index (χ3n) is 5.27. The molecule has 0 atom stereocenters. The fourth-order valence-electron chi connectivity index (χ4n) is 4.13. The summed E-state index contributed by atoms with van der Waals surface area (Å²) in [6, 6.07) is 5.51. The minimum atomic E-state index is -0.385. The second-order valence-corrected chi connectivity index (χ2v) is 7.70. The number of hydrogen-bond acceptors (Lipinski definition) is 3. The topological polar surface area (TPSA) is 40.6 Å². The van der Waals surface area contributed by atoms with Crippen molar-refractivity contribution in [3.8, 4) is 0 Å². The largest absolute Gasteiger partial charge is 0.300 e. The molecule has 0 spiro atoms. The lowest BCUT2D eigenvalue weighted by Gasteiger charge is -2.28. The summed E-state index contributed by atoms with van der Waals surface area (Å²) in [7, 11) is 0. The molecule has 3 heterocycles.